The maximum Gasteiger partial charge on any atom is 0.320 e. The number of Topliss-reactive ketones (excluding diaryl/α,β-unsaturated/α-hetero) is 1. The van der Waals surface area contributed by atoms with Gasteiger partial charge in [0.15, 0.2) is 5.78 Å². The summed E-state index contributed by atoms with van der Waals surface area (Å²) in [4.78, 5) is 28.8. The first-order chi connectivity index (χ1) is 9.19. The molecule has 1 atom stereocenters. The van der Waals surface area contributed by atoms with Crippen molar-refractivity contribution in [2.45, 2.75) is 39.0 Å². The molecule has 0 N–H and O–H groups in total. The van der Waals surface area contributed by atoms with Crippen molar-refractivity contribution in [3.05, 3.63) is 30.1 Å². The van der Waals surface area contributed by atoms with Gasteiger partial charge in [0.1, 0.15) is 5.41 Å². The van der Waals surface area contributed by atoms with Gasteiger partial charge in [0.2, 0.25) is 0 Å². The van der Waals surface area contributed by atoms with Crippen LogP contribution < -0.4 is 0 Å². The number of hydrogen-bond donors (Lipinski definition) is 0. The van der Waals surface area contributed by atoms with Crippen LogP contribution in [0, 0.1) is 5.41 Å². The lowest BCUT2D eigenvalue weighted by Gasteiger charge is -2.33. The third-order valence-electron chi connectivity index (χ3n) is 3.67. The molecule has 2 rings (SSSR count). The number of aromatic nitrogens is 1. The van der Waals surface area contributed by atoms with Crippen molar-refractivity contribution in [1.29, 1.82) is 0 Å². The summed E-state index contributed by atoms with van der Waals surface area (Å²) in [5, 5.41) is 0. The number of pyridine rings is 1. The van der Waals surface area contributed by atoms with Crippen molar-refractivity contribution in [1.82, 2.24) is 4.98 Å². The van der Waals surface area contributed by atoms with Crippen molar-refractivity contribution >= 4 is 11.8 Å². The van der Waals surface area contributed by atoms with E-state index in [0.29, 0.717) is 25.9 Å². The molecule has 1 aromatic rings. The van der Waals surface area contributed by atoms with E-state index in [2.05, 4.69) is 4.98 Å². The summed E-state index contributed by atoms with van der Waals surface area (Å²) in [5.41, 5.74) is -0.242. The number of ketones is 1. The highest BCUT2D eigenvalue weighted by molar-refractivity contribution is 6.04. The van der Waals surface area contributed by atoms with Gasteiger partial charge in [0.25, 0.3) is 0 Å². The normalized spacial score (nSPS) is 23.1. The standard InChI is InChI=1S/C15H19NO3/c1-2-19-14(18)15(9-5-3-8-13(15)17)11-12-7-4-6-10-16-12/h4,6-7,10H,2-3,5,8-9,11H2,1H3. The van der Waals surface area contributed by atoms with Crippen molar-refractivity contribution in [3.8, 4) is 0 Å². The Morgan fingerprint density at radius 1 is 1.42 bits per heavy atom. The van der Waals surface area contributed by atoms with E-state index in [0.717, 1.165) is 18.5 Å². The van der Waals surface area contributed by atoms with Gasteiger partial charge in [0.05, 0.1) is 6.61 Å². The molecule has 1 fully saturated rings. The lowest BCUT2D eigenvalue weighted by atomic mass is 9.70. The number of carbonyl (C=O) groups is 2. The Kier molecular flexibility index (Phi) is 4.30. The maximum absolute atomic E-state index is 12.3. The first kappa shape index (κ1) is 13.7. The first-order valence-electron chi connectivity index (χ1n) is 6.79. The molecular formula is C15H19NO3. The molecule has 1 unspecified atom stereocenters. The van der Waals surface area contributed by atoms with Crippen LogP contribution in [0.15, 0.2) is 24.4 Å². The first-order valence-corrected chi connectivity index (χ1v) is 6.79. The fraction of sp³-hybridized carbons (Fsp3) is 0.533. The van der Waals surface area contributed by atoms with Crippen molar-refractivity contribution in [2.75, 3.05) is 6.61 Å². The highest BCUT2D eigenvalue weighted by Crippen LogP contribution is 2.37. The molecule has 0 radical (unpaired) electrons. The van der Waals surface area contributed by atoms with E-state index >= 15 is 0 Å². The van der Waals surface area contributed by atoms with Crippen LogP contribution in [0.1, 0.15) is 38.3 Å². The zero-order chi connectivity index (χ0) is 13.7. The molecule has 0 spiro atoms. The number of ether oxygens (including phenoxy) is 1. The molecule has 0 amide bonds. The third-order valence-corrected chi connectivity index (χ3v) is 3.67. The van der Waals surface area contributed by atoms with E-state index in [-0.39, 0.29) is 11.8 Å². The number of esters is 1. The van der Waals surface area contributed by atoms with Gasteiger partial charge < -0.3 is 4.74 Å². The highest BCUT2D eigenvalue weighted by Gasteiger charge is 2.48. The molecule has 1 aliphatic carbocycles. The van der Waals surface area contributed by atoms with Crippen molar-refractivity contribution < 1.29 is 14.3 Å². The minimum atomic E-state index is -1.01. The summed E-state index contributed by atoms with van der Waals surface area (Å²) in [7, 11) is 0. The summed E-state index contributed by atoms with van der Waals surface area (Å²) < 4.78 is 5.14. The third kappa shape index (κ3) is 2.83. The zero-order valence-corrected chi connectivity index (χ0v) is 11.2. The minimum absolute atomic E-state index is 0.00264. The van der Waals surface area contributed by atoms with Crippen LogP contribution in [-0.2, 0) is 20.7 Å². The molecule has 0 bridgehead atoms. The predicted octanol–water partition coefficient (Wildman–Crippen LogP) is 2.32. The van der Waals surface area contributed by atoms with Gasteiger partial charge in [-0.3, -0.25) is 14.6 Å². The van der Waals surface area contributed by atoms with Gasteiger partial charge in [-0.2, -0.15) is 0 Å². The van der Waals surface area contributed by atoms with Crippen LogP contribution in [0.25, 0.3) is 0 Å². The molecule has 1 saturated carbocycles. The van der Waals surface area contributed by atoms with Crippen LogP contribution in [0.4, 0.5) is 0 Å². The second-order valence-electron chi connectivity index (χ2n) is 4.93. The lowest BCUT2D eigenvalue weighted by molar-refractivity contribution is -0.162. The van der Waals surface area contributed by atoms with E-state index in [1.165, 1.54) is 0 Å². The van der Waals surface area contributed by atoms with E-state index in [1.54, 1.807) is 13.1 Å². The maximum atomic E-state index is 12.3. The largest absolute Gasteiger partial charge is 0.465 e. The van der Waals surface area contributed by atoms with E-state index in [1.807, 2.05) is 18.2 Å². The molecule has 0 saturated heterocycles. The van der Waals surface area contributed by atoms with Crippen LogP contribution in [0.2, 0.25) is 0 Å². The van der Waals surface area contributed by atoms with E-state index < -0.39 is 5.41 Å². The number of hydrogen-bond acceptors (Lipinski definition) is 4. The fourth-order valence-electron chi connectivity index (χ4n) is 2.65. The number of carbonyl (C=O) groups excluding carboxylic acids is 2. The Bertz CT molecular complexity index is 458. The second kappa shape index (κ2) is 5.95. The Morgan fingerprint density at radius 3 is 2.89 bits per heavy atom. The average Bonchev–Trinajstić information content (AvgIpc) is 2.43. The van der Waals surface area contributed by atoms with Crippen LogP contribution in [-0.4, -0.2) is 23.3 Å². The van der Waals surface area contributed by atoms with Crippen molar-refractivity contribution in [3.63, 3.8) is 0 Å². The molecule has 19 heavy (non-hydrogen) atoms. The molecule has 1 heterocycles. The smallest absolute Gasteiger partial charge is 0.320 e. The van der Waals surface area contributed by atoms with Gasteiger partial charge in [-0.1, -0.05) is 12.5 Å². The van der Waals surface area contributed by atoms with Gasteiger partial charge in [-0.05, 0) is 31.9 Å². The molecule has 1 aromatic heterocycles. The zero-order valence-electron chi connectivity index (χ0n) is 11.2. The molecule has 4 heteroatoms. The predicted molar refractivity (Wildman–Crippen MR) is 70.5 cm³/mol. The Morgan fingerprint density at radius 2 is 2.26 bits per heavy atom. The van der Waals surface area contributed by atoms with Gasteiger partial charge >= 0.3 is 5.97 Å². The van der Waals surface area contributed by atoms with Gasteiger partial charge in [-0.15, -0.1) is 0 Å². The SMILES string of the molecule is CCOC(=O)C1(Cc2ccccn2)CCCCC1=O. The summed E-state index contributed by atoms with van der Waals surface area (Å²) in [6.07, 6.45) is 4.82. The topological polar surface area (TPSA) is 56.3 Å². The van der Waals surface area contributed by atoms with E-state index in [9.17, 15) is 9.59 Å². The average molecular weight is 261 g/mol. The van der Waals surface area contributed by atoms with Crippen molar-refractivity contribution in [2.24, 2.45) is 5.41 Å². The Hall–Kier alpha value is -1.71. The Balaban J connectivity index is 2.28. The van der Waals surface area contributed by atoms with Crippen LogP contribution in [0.3, 0.4) is 0 Å². The Labute approximate surface area is 113 Å². The summed E-state index contributed by atoms with van der Waals surface area (Å²) >= 11 is 0. The second-order valence-corrected chi connectivity index (χ2v) is 4.93. The molecule has 1 aliphatic rings. The van der Waals surface area contributed by atoms with Gasteiger partial charge in [0, 0.05) is 24.7 Å². The number of nitrogens with zero attached hydrogens (tertiary/aromatic N) is 1. The summed E-state index contributed by atoms with van der Waals surface area (Å²) in [6, 6.07) is 5.54. The fourth-order valence-corrected chi connectivity index (χ4v) is 2.65. The van der Waals surface area contributed by atoms with Gasteiger partial charge in [-0.25, -0.2) is 0 Å². The summed E-state index contributed by atoms with van der Waals surface area (Å²) in [6.45, 7) is 2.07. The van der Waals surface area contributed by atoms with E-state index in [4.69, 9.17) is 4.74 Å². The minimum Gasteiger partial charge on any atom is -0.465 e. The highest BCUT2D eigenvalue weighted by atomic mass is 16.5. The molecule has 102 valence electrons. The monoisotopic (exact) mass is 261 g/mol. The lowest BCUT2D eigenvalue weighted by Crippen LogP contribution is -2.44. The molecule has 0 aliphatic heterocycles. The van der Waals surface area contributed by atoms with Crippen LogP contribution >= 0.6 is 0 Å². The summed E-state index contributed by atoms with van der Waals surface area (Å²) in [5.74, 6) is -0.381. The quantitative estimate of drug-likeness (QED) is 0.616. The molecule has 0 aromatic carbocycles. The molecule has 4 nitrogen and oxygen atoms in total. The van der Waals surface area contributed by atoms with Crippen LogP contribution in [0.5, 0.6) is 0 Å². The number of rotatable bonds is 4. The molecular weight excluding hydrogens is 242 g/mol.